The number of halogens is 1. The summed E-state index contributed by atoms with van der Waals surface area (Å²) < 4.78 is 4.69. The van der Waals surface area contributed by atoms with Crippen LogP contribution >= 0.6 is 24.0 Å². The summed E-state index contributed by atoms with van der Waals surface area (Å²) in [6, 6.07) is 7.93. The van der Waals surface area contributed by atoms with Crippen LogP contribution in [0.2, 0.25) is 0 Å². The third-order valence-electron chi connectivity index (χ3n) is 3.65. The molecule has 0 spiro atoms. The molecule has 0 radical (unpaired) electrons. The summed E-state index contributed by atoms with van der Waals surface area (Å²) >= 11 is 0. The summed E-state index contributed by atoms with van der Waals surface area (Å²) in [6.45, 7) is 0.789. The van der Waals surface area contributed by atoms with Crippen molar-refractivity contribution in [3.05, 3.63) is 47.5 Å². The van der Waals surface area contributed by atoms with Crippen LogP contribution in [0.25, 0.3) is 0 Å². The number of ether oxygens (including phenoxy) is 1. The number of hydrogen-bond acceptors (Lipinski definition) is 3. The fourth-order valence-corrected chi connectivity index (χ4v) is 2.37. The van der Waals surface area contributed by atoms with Crippen molar-refractivity contribution in [2.75, 3.05) is 20.7 Å². The maximum Gasteiger partial charge on any atom is 0.337 e. The first-order valence-corrected chi connectivity index (χ1v) is 7.52. The molecule has 1 aliphatic carbocycles. The van der Waals surface area contributed by atoms with Gasteiger partial charge >= 0.3 is 5.97 Å². The van der Waals surface area contributed by atoms with Gasteiger partial charge < -0.3 is 15.4 Å². The average molecular weight is 429 g/mol. The summed E-state index contributed by atoms with van der Waals surface area (Å²) in [5.74, 6) is 0.527. The Morgan fingerprint density at radius 1 is 1.26 bits per heavy atom. The number of guanidine groups is 1. The van der Waals surface area contributed by atoms with Gasteiger partial charge in [0.25, 0.3) is 0 Å². The van der Waals surface area contributed by atoms with E-state index in [1.165, 1.54) is 7.11 Å². The van der Waals surface area contributed by atoms with Crippen molar-refractivity contribution in [1.82, 2.24) is 10.6 Å². The zero-order valence-electron chi connectivity index (χ0n) is 13.5. The van der Waals surface area contributed by atoms with E-state index < -0.39 is 0 Å². The van der Waals surface area contributed by atoms with Crippen molar-refractivity contribution >= 4 is 35.9 Å². The number of aliphatic imine (C=N–C) groups is 1. The van der Waals surface area contributed by atoms with E-state index in [1.54, 1.807) is 19.2 Å². The van der Waals surface area contributed by atoms with Crippen molar-refractivity contribution in [1.29, 1.82) is 0 Å². The lowest BCUT2D eigenvalue weighted by Gasteiger charge is -2.16. The molecular weight excluding hydrogens is 405 g/mol. The van der Waals surface area contributed by atoms with Gasteiger partial charge in [0.1, 0.15) is 0 Å². The van der Waals surface area contributed by atoms with E-state index in [2.05, 4.69) is 32.5 Å². The third-order valence-corrected chi connectivity index (χ3v) is 3.65. The predicted molar refractivity (Wildman–Crippen MR) is 104 cm³/mol. The second kappa shape index (κ2) is 10.3. The van der Waals surface area contributed by atoms with Crippen molar-refractivity contribution in [3.8, 4) is 0 Å². The van der Waals surface area contributed by atoms with Gasteiger partial charge in [-0.25, -0.2) is 4.79 Å². The van der Waals surface area contributed by atoms with E-state index in [-0.39, 0.29) is 29.9 Å². The Kier molecular flexibility index (Phi) is 8.68. The standard InChI is InChI=1S/C17H23N3O2.HI/c1-18-17(20-15-5-3-4-6-15)19-12-11-13-7-9-14(10-8-13)16(21)22-2;/h3-4,7-10,15H,5-6,11-12H2,1-2H3,(H2,18,19,20);1H. The lowest BCUT2D eigenvalue weighted by Crippen LogP contribution is -2.43. The Labute approximate surface area is 154 Å². The quantitative estimate of drug-likeness (QED) is 0.248. The molecule has 2 N–H and O–H groups in total. The summed E-state index contributed by atoms with van der Waals surface area (Å²) in [5.41, 5.74) is 1.74. The first-order valence-electron chi connectivity index (χ1n) is 7.52. The van der Waals surface area contributed by atoms with Crippen LogP contribution in [-0.2, 0) is 11.2 Å². The molecule has 0 heterocycles. The highest BCUT2D eigenvalue weighted by Gasteiger charge is 2.11. The number of rotatable bonds is 5. The van der Waals surface area contributed by atoms with E-state index >= 15 is 0 Å². The number of nitrogens with zero attached hydrogens (tertiary/aromatic N) is 1. The minimum atomic E-state index is -0.306. The molecule has 1 aliphatic rings. The van der Waals surface area contributed by atoms with Crippen LogP contribution < -0.4 is 10.6 Å². The van der Waals surface area contributed by atoms with Crippen LogP contribution in [0.15, 0.2) is 41.4 Å². The minimum absolute atomic E-state index is 0. The van der Waals surface area contributed by atoms with Gasteiger partial charge in [-0.15, -0.1) is 24.0 Å². The molecule has 0 atom stereocenters. The van der Waals surface area contributed by atoms with Gasteiger partial charge in [0, 0.05) is 19.6 Å². The Morgan fingerprint density at radius 2 is 1.91 bits per heavy atom. The molecule has 0 amide bonds. The normalized spacial score (nSPS) is 14.3. The molecule has 1 aromatic carbocycles. The lowest BCUT2D eigenvalue weighted by molar-refractivity contribution is 0.0600. The molecule has 0 saturated heterocycles. The maximum absolute atomic E-state index is 11.4. The maximum atomic E-state index is 11.4. The van der Waals surface area contributed by atoms with E-state index in [0.717, 1.165) is 37.3 Å². The van der Waals surface area contributed by atoms with Crippen LogP contribution in [0.5, 0.6) is 0 Å². The summed E-state index contributed by atoms with van der Waals surface area (Å²) in [5, 5.41) is 6.71. The Balaban J connectivity index is 0.00000264. The van der Waals surface area contributed by atoms with E-state index in [1.807, 2.05) is 12.1 Å². The molecule has 0 bridgehead atoms. The van der Waals surface area contributed by atoms with E-state index in [9.17, 15) is 4.79 Å². The van der Waals surface area contributed by atoms with Gasteiger partial charge in [-0.1, -0.05) is 24.3 Å². The van der Waals surface area contributed by atoms with Crippen LogP contribution in [0.3, 0.4) is 0 Å². The summed E-state index contributed by atoms with van der Waals surface area (Å²) in [6.07, 6.45) is 7.35. The monoisotopic (exact) mass is 429 g/mol. The van der Waals surface area contributed by atoms with E-state index in [0.29, 0.717) is 11.6 Å². The smallest absolute Gasteiger partial charge is 0.337 e. The highest BCUT2D eigenvalue weighted by atomic mass is 127. The zero-order chi connectivity index (χ0) is 15.8. The largest absolute Gasteiger partial charge is 0.465 e. The molecule has 23 heavy (non-hydrogen) atoms. The molecule has 1 aromatic rings. The second-order valence-electron chi connectivity index (χ2n) is 5.22. The molecule has 0 aliphatic heterocycles. The average Bonchev–Trinajstić information content (AvgIpc) is 3.06. The number of carbonyl (C=O) groups excluding carboxylic acids is 1. The van der Waals surface area contributed by atoms with Gasteiger partial charge in [0.05, 0.1) is 12.7 Å². The molecular formula is C17H24IN3O2. The SMILES string of the molecule is CN=C(NCCc1ccc(C(=O)OC)cc1)NC1CC=CC1.I. The fraction of sp³-hybridized carbons (Fsp3) is 0.412. The van der Waals surface area contributed by atoms with Crippen LogP contribution in [0.1, 0.15) is 28.8 Å². The van der Waals surface area contributed by atoms with Crippen LogP contribution in [0.4, 0.5) is 0 Å². The molecule has 126 valence electrons. The Morgan fingerprint density at radius 3 is 2.48 bits per heavy atom. The first kappa shape index (κ1) is 19.5. The van der Waals surface area contributed by atoms with Crippen LogP contribution in [-0.4, -0.2) is 38.7 Å². The highest BCUT2D eigenvalue weighted by Crippen LogP contribution is 2.09. The van der Waals surface area contributed by atoms with Gasteiger partial charge in [0.2, 0.25) is 0 Å². The first-order chi connectivity index (χ1) is 10.7. The number of hydrogen-bond donors (Lipinski definition) is 2. The van der Waals surface area contributed by atoms with Crippen molar-refractivity contribution in [2.24, 2.45) is 4.99 Å². The van der Waals surface area contributed by atoms with Gasteiger partial charge in [-0.3, -0.25) is 4.99 Å². The topological polar surface area (TPSA) is 62.7 Å². The fourth-order valence-electron chi connectivity index (χ4n) is 2.37. The molecule has 5 nitrogen and oxygen atoms in total. The lowest BCUT2D eigenvalue weighted by atomic mass is 10.1. The number of nitrogens with one attached hydrogen (secondary N) is 2. The molecule has 2 rings (SSSR count). The summed E-state index contributed by atoms with van der Waals surface area (Å²) in [7, 11) is 3.17. The number of benzene rings is 1. The van der Waals surface area contributed by atoms with Crippen molar-refractivity contribution < 1.29 is 9.53 Å². The minimum Gasteiger partial charge on any atom is -0.465 e. The Hall–Kier alpha value is -1.57. The zero-order valence-corrected chi connectivity index (χ0v) is 15.9. The molecule has 0 fully saturated rings. The molecule has 6 heteroatoms. The number of esters is 1. The van der Waals surface area contributed by atoms with Gasteiger partial charge in [-0.05, 0) is 37.0 Å². The van der Waals surface area contributed by atoms with Gasteiger partial charge in [-0.2, -0.15) is 0 Å². The number of methoxy groups -OCH3 is 1. The predicted octanol–water partition coefficient (Wildman–Crippen LogP) is 2.52. The summed E-state index contributed by atoms with van der Waals surface area (Å²) in [4.78, 5) is 15.6. The second-order valence-corrected chi connectivity index (χ2v) is 5.22. The van der Waals surface area contributed by atoms with Gasteiger partial charge in [0.15, 0.2) is 5.96 Å². The van der Waals surface area contributed by atoms with E-state index in [4.69, 9.17) is 0 Å². The third kappa shape index (κ3) is 6.21. The number of carbonyl (C=O) groups is 1. The van der Waals surface area contributed by atoms with Crippen molar-refractivity contribution in [3.63, 3.8) is 0 Å². The molecule has 0 saturated carbocycles. The van der Waals surface area contributed by atoms with Crippen LogP contribution in [0, 0.1) is 0 Å². The highest BCUT2D eigenvalue weighted by molar-refractivity contribution is 14.0. The Bertz CT molecular complexity index is 547. The van der Waals surface area contributed by atoms with Crippen molar-refractivity contribution in [2.45, 2.75) is 25.3 Å². The molecule has 0 unspecified atom stereocenters. The molecule has 0 aromatic heterocycles.